The highest BCUT2D eigenvalue weighted by Crippen LogP contribution is 2.15. The van der Waals surface area contributed by atoms with Crippen molar-refractivity contribution in [2.24, 2.45) is 0 Å². The van der Waals surface area contributed by atoms with Gasteiger partial charge in [-0.1, -0.05) is 0 Å². The van der Waals surface area contributed by atoms with Crippen LogP contribution in [0.25, 0.3) is 0 Å². The zero-order valence-corrected chi connectivity index (χ0v) is 7.13. The van der Waals surface area contributed by atoms with Gasteiger partial charge in [0.15, 0.2) is 0 Å². The molecule has 1 amide bonds. The molecule has 0 spiro atoms. The average molecular weight is 185 g/mol. The second-order valence-electron chi connectivity index (χ2n) is 1.97. The van der Waals surface area contributed by atoms with Crippen molar-refractivity contribution in [1.82, 2.24) is 15.4 Å². The number of nitrogens with zero attached hydrogens (tertiary/aromatic N) is 2. The molecule has 0 saturated carbocycles. The number of nitrogens with one attached hydrogen (secondary N) is 1. The van der Waals surface area contributed by atoms with Crippen LogP contribution in [-0.4, -0.2) is 20.4 Å². The summed E-state index contributed by atoms with van der Waals surface area (Å²) >= 11 is 0.827. The van der Waals surface area contributed by atoms with Crippen molar-refractivity contribution in [2.45, 2.75) is 11.8 Å². The molecule has 0 radical (unpaired) electrons. The fraction of sp³-hybridized carbons (Fsp3) is 0.167. The van der Waals surface area contributed by atoms with E-state index in [-0.39, 0.29) is 0 Å². The van der Waals surface area contributed by atoms with Crippen molar-refractivity contribution in [3.8, 4) is 0 Å². The van der Waals surface area contributed by atoms with Gasteiger partial charge in [-0.25, -0.2) is 15.4 Å². The second kappa shape index (κ2) is 4.03. The van der Waals surface area contributed by atoms with Crippen LogP contribution in [0, 0.1) is 6.92 Å². The number of carbonyl (C=O) groups excluding carboxylic acids is 1. The molecule has 1 aromatic heterocycles. The molecule has 0 bridgehead atoms. The summed E-state index contributed by atoms with van der Waals surface area (Å²) in [5, 5.41) is 7.64. The molecule has 0 aromatic carbocycles. The number of hydrogen-bond donors (Lipinski definition) is 2. The first-order valence-electron chi connectivity index (χ1n) is 3.13. The molecule has 0 aliphatic heterocycles. The second-order valence-corrected chi connectivity index (χ2v) is 3.01. The third kappa shape index (κ3) is 2.48. The van der Waals surface area contributed by atoms with Crippen molar-refractivity contribution in [3.63, 3.8) is 0 Å². The smallest absolute Gasteiger partial charge is 0.288 e. The summed E-state index contributed by atoms with van der Waals surface area (Å²) in [5.74, 6) is 0.642. The van der Waals surface area contributed by atoms with Crippen LogP contribution >= 0.6 is 11.8 Å². The Balaban J connectivity index is 2.64. The first-order chi connectivity index (χ1) is 5.72. The molecule has 0 atom stereocenters. The lowest BCUT2D eigenvalue weighted by Crippen LogP contribution is -2.11. The molecule has 0 unspecified atom stereocenters. The predicted molar refractivity (Wildman–Crippen MR) is 42.9 cm³/mol. The zero-order chi connectivity index (χ0) is 8.97. The summed E-state index contributed by atoms with van der Waals surface area (Å²) in [7, 11) is 0. The third-order valence-corrected chi connectivity index (χ3v) is 1.78. The molecule has 0 saturated heterocycles. The van der Waals surface area contributed by atoms with E-state index in [0.29, 0.717) is 10.7 Å². The van der Waals surface area contributed by atoms with Gasteiger partial charge in [-0.3, -0.25) is 10.0 Å². The molecule has 12 heavy (non-hydrogen) atoms. The SMILES string of the molecule is Cc1ncc(SC(=O)NO)cn1. The van der Waals surface area contributed by atoms with Crippen LogP contribution in [0.1, 0.15) is 5.82 Å². The highest BCUT2D eigenvalue weighted by molar-refractivity contribution is 8.13. The van der Waals surface area contributed by atoms with Crippen LogP contribution in [0.2, 0.25) is 0 Å². The van der Waals surface area contributed by atoms with Crippen molar-refractivity contribution in [2.75, 3.05) is 0 Å². The Bertz CT molecular complexity index is 275. The fourth-order valence-corrected chi connectivity index (χ4v) is 1.03. The minimum Gasteiger partial charge on any atom is -0.288 e. The summed E-state index contributed by atoms with van der Waals surface area (Å²) in [5.41, 5.74) is 1.50. The maximum atomic E-state index is 10.6. The first kappa shape index (κ1) is 8.95. The van der Waals surface area contributed by atoms with E-state index in [4.69, 9.17) is 5.21 Å². The minimum atomic E-state index is -0.553. The fourth-order valence-electron chi connectivity index (χ4n) is 0.563. The summed E-state index contributed by atoms with van der Waals surface area (Å²) in [6.45, 7) is 1.75. The lowest BCUT2D eigenvalue weighted by Gasteiger charge is -1.97. The Hall–Kier alpha value is -1.14. The van der Waals surface area contributed by atoms with Crippen LogP contribution in [0.3, 0.4) is 0 Å². The molecular weight excluding hydrogens is 178 g/mol. The van der Waals surface area contributed by atoms with Gasteiger partial charge in [0.25, 0.3) is 0 Å². The number of aromatic nitrogens is 2. The molecular formula is C6H7N3O2S. The van der Waals surface area contributed by atoms with E-state index in [1.807, 2.05) is 0 Å². The quantitative estimate of drug-likeness (QED) is 0.387. The number of hydroxylamine groups is 1. The van der Waals surface area contributed by atoms with Gasteiger partial charge in [-0.05, 0) is 18.7 Å². The van der Waals surface area contributed by atoms with E-state index in [2.05, 4.69) is 9.97 Å². The van der Waals surface area contributed by atoms with Gasteiger partial charge in [0.05, 0.1) is 4.90 Å². The standard InChI is InChI=1S/C6H7N3O2S/c1-4-7-2-5(3-8-4)12-6(10)9-11/h2-3,11H,1H3,(H,9,10). The van der Waals surface area contributed by atoms with Crippen molar-refractivity contribution >= 4 is 17.0 Å². The van der Waals surface area contributed by atoms with E-state index in [1.165, 1.54) is 17.9 Å². The summed E-state index contributed by atoms with van der Waals surface area (Å²) in [6.07, 6.45) is 3.03. The Labute approximate surface area is 73.2 Å². The summed E-state index contributed by atoms with van der Waals surface area (Å²) in [4.78, 5) is 18.9. The number of hydrogen-bond acceptors (Lipinski definition) is 5. The Morgan fingerprint density at radius 1 is 1.58 bits per heavy atom. The molecule has 64 valence electrons. The largest absolute Gasteiger partial charge is 0.307 e. The number of amides is 1. The van der Waals surface area contributed by atoms with Gasteiger partial charge < -0.3 is 0 Å². The van der Waals surface area contributed by atoms with E-state index in [9.17, 15) is 4.79 Å². The predicted octanol–water partition coefficient (Wildman–Crippen LogP) is 0.976. The maximum absolute atomic E-state index is 10.6. The lowest BCUT2D eigenvalue weighted by atomic mass is 10.6. The first-order valence-corrected chi connectivity index (χ1v) is 3.94. The third-order valence-electron chi connectivity index (χ3n) is 1.06. The van der Waals surface area contributed by atoms with Crippen molar-refractivity contribution in [1.29, 1.82) is 0 Å². The molecule has 1 heterocycles. The van der Waals surface area contributed by atoms with E-state index >= 15 is 0 Å². The molecule has 6 heteroatoms. The number of aryl methyl sites for hydroxylation is 1. The molecule has 0 aliphatic rings. The molecule has 0 aliphatic carbocycles. The van der Waals surface area contributed by atoms with Crippen LogP contribution in [0.4, 0.5) is 4.79 Å². The lowest BCUT2D eigenvalue weighted by molar-refractivity contribution is 0.180. The normalized spacial score (nSPS) is 9.50. The van der Waals surface area contributed by atoms with Crippen LogP contribution in [0.5, 0.6) is 0 Å². The Kier molecular flexibility index (Phi) is 3.01. The number of thioether (sulfide) groups is 1. The Morgan fingerprint density at radius 2 is 2.17 bits per heavy atom. The van der Waals surface area contributed by atoms with Crippen molar-refractivity contribution < 1.29 is 10.0 Å². The van der Waals surface area contributed by atoms with Gasteiger partial charge in [0.2, 0.25) is 0 Å². The molecule has 0 fully saturated rings. The van der Waals surface area contributed by atoms with Crippen molar-refractivity contribution in [3.05, 3.63) is 18.2 Å². The summed E-state index contributed by atoms with van der Waals surface area (Å²) in [6, 6.07) is 0. The topological polar surface area (TPSA) is 75.1 Å². The van der Waals surface area contributed by atoms with Gasteiger partial charge in [-0.15, -0.1) is 0 Å². The highest BCUT2D eigenvalue weighted by Gasteiger charge is 2.02. The highest BCUT2D eigenvalue weighted by atomic mass is 32.2. The average Bonchev–Trinajstić information content (AvgIpc) is 2.09. The number of rotatable bonds is 1. The van der Waals surface area contributed by atoms with Gasteiger partial charge in [-0.2, -0.15) is 0 Å². The van der Waals surface area contributed by atoms with Gasteiger partial charge in [0, 0.05) is 12.4 Å². The minimum absolute atomic E-state index is 0.553. The van der Waals surface area contributed by atoms with Crippen LogP contribution < -0.4 is 5.48 Å². The number of carbonyl (C=O) groups is 1. The zero-order valence-electron chi connectivity index (χ0n) is 6.31. The molecule has 2 N–H and O–H groups in total. The van der Waals surface area contributed by atoms with E-state index < -0.39 is 5.24 Å². The maximum Gasteiger partial charge on any atom is 0.307 e. The van der Waals surface area contributed by atoms with E-state index in [1.54, 1.807) is 6.92 Å². The Morgan fingerprint density at radius 3 is 2.67 bits per heavy atom. The molecule has 1 aromatic rings. The van der Waals surface area contributed by atoms with Crippen LogP contribution in [0.15, 0.2) is 17.3 Å². The van der Waals surface area contributed by atoms with Gasteiger partial charge in [0.1, 0.15) is 5.82 Å². The van der Waals surface area contributed by atoms with E-state index in [0.717, 1.165) is 11.8 Å². The monoisotopic (exact) mass is 185 g/mol. The molecule has 1 rings (SSSR count). The summed E-state index contributed by atoms with van der Waals surface area (Å²) < 4.78 is 0. The molecule has 5 nitrogen and oxygen atoms in total. The van der Waals surface area contributed by atoms with Crippen LogP contribution in [-0.2, 0) is 0 Å². The van der Waals surface area contributed by atoms with Gasteiger partial charge >= 0.3 is 5.24 Å².